The van der Waals surface area contributed by atoms with E-state index in [4.69, 9.17) is 14.1 Å². The summed E-state index contributed by atoms with van der Waals surface area (Å²) in [6.45, 7) is 1.81. The molecule has 0 atom stereocenters. The third-order valence-corrected chi connectivity index (χ3v) is 3.42. The number of nitrogens with one attached hydrogen (secondary N) is 1. The van der Waals surface area contributed by atoms with E-state index >= 15 is 0 Å². The van der Waals surface area contributed by atoms with Crippen LogP contribution in [0.15, 0.2) is 45.4 Å². The van der Waals surface area contributed by atoms with Gasteiger partial charge in [-0.3, -0.25) is 4.79 Å². The quantitative estimate of drug-likeness (QED) is 0.774. The lowest BCUT2D eigenvalue weighted by molar-refractivity contribution is -0.116. The van der Waals surface area contributed by atoms with E-state index in [2.05, 4.69) is 15.5 Å². The molecule has 0 fully saturated rings. The van der Waals surface area contributed by atoms with Crippen molar-refractivity contribution in [2.24, 2.45) is 0 Å². The Morgan fingerprint density at radius 1 is 1.25 bits per heavy atom. The summed E-state index contributed by atoms with van der Waals surface area (Å²) < 4.78 is 10.7. The minimum Gasteiger partial charge on any atom is -0.469 e. The third-order valence-electron chi connectivity index (χ3n) is 3.42. The number of furan rings is 1. The predicted octanol–water partition coefficient (Wildman–Crippen LogP) is 3.08. The second kappa shape index (κ2) is 6.79. The fraction of sp³-hybridized carbons (Fsp3) is 0.176. The largest absolute Gasteiger partial charge is 0.469 e. The van der Waals surface area contributed by atoms with E-state index in [1.807, 2.05) is 13.0 Å². The monoisotopic (exact) mass is 322 g/mol. The van der Waals surface area contributed by atoms with Crippen LogP contribution in [0.4, 0.5) is 5.69 Å². The number of nitrogens with zero attached hydrogens (tertiary/aromatic N) is 3. The molecule has 120 valence electrons. The molecule has 0 radical (unpaired) electrons. The average molecular weight is 322 g/mol. The zero-order valence-electron chi connectivity index (χ0n) is 12.9. The van der Waals surface area contributed by atoms with Crippen molar-refractivity contribution < 1.29 is 13.6 Å². The molecule has 0 aliphatic carbocycles. The Kier molecular flexibility index (Phi) is 4.38. The summed E-state index contributed by atoms with van der Waals surface area (Å²) in [5, 5.41) is 19.4. The topological polar surface area (TPSA) is 105 Å². The predicted molar refractivity (Wildman–Crippen MR) is 84.8 cm³/mol. The van der Waals surface area contributed by atoms with Crippen LogP contribution >= 0.6 is 0 Å². The molecule has 3 rings (SSSR count). The summed E-state index contributed by atoms with van der Waals surface area (Å²) in [4.78, 5) is 11.9. The molecule has 0 bridgehead atoms. The molecule has 2 heterocycles. The van der Waals surface area contributed by atoms with Gasteiger partial charge in [0.05, 0.1) is 23.5 Å². The molecular formula is C17H14N4O3. The number of hydrogen-bond acceptors (Lipinski definition) is 6. The van der Waals surface area contributed by atoms with E-state index in [9.17, 15) is 4.79 Å². The maximum atomic E-state index is 11.9. The summed E-state index contributed by atoms with van der Waals surface area (Å²) in [5.41, 5.74) is 1.93. The van der Waals surface area contributed by atoms with Gasteiger partial charge in [-0.25, -0.2) is 0 Å². The van der Waals surface area contributed by atoms with Gasteiger partial charge in [0.15, 0.2) is 0 Å². The van der Waals surface area contributed by atoms with E-state index in [0.29, 0.717) is 35.2 Å². The minimum absolute atomic E-state index is 0.168. The molecule has 24 heavy (non-hydrogen) atoms. The summed E-state index contributed by atoms with van der Waals surface area (Å²) in [5.74, 6) is 1.30. The van der Waals surface area contributed by atoms with Crippen molar-refractivity contribution in [1.29, 1.82) is 5.26 Å². The molecule has 0 saturated heterocycles. The van der Waals surface area contributed by atoms with E-state index < -0.39 is 0 Å². The Bertz CT molecular complexity index is 887. The van der Waals surface area contributed by atoms with Crippen molar-refractivity contribution in [3.05, 3.63) is 53.8 Å². The van der Waals surface area contributed by atoms with Crippen LogP contribution in [-0.2, 0) is 11.2 Å². The Morgan fingerprint density at radius 2 is 2.04 bits per heavy atom. The number of benzene rings is 1. The van der Waals surface area contributed by atoms with Crippen molar-refractivity contribution >= 4 is 11.6 Å². The Morgan fingerprint density at radius 3 is 2.71 bits per heavy atom. The molecule has 0 spiro atoms. The second-order valence-electron chi connectivity index (χ2n) is 5.13. The van der Waals surface area contributed by atoms with Crippen molar-refractivity contribution in [2.45, 2.75) is 19.8 Å². The van der Waals surface area contributed by atoms with Gasteiger partial charge in [-0.05, 0) is 37.3 Å². The maximum Gasteiger partial charge on any atom is 0.251 e. The van der Waals surface area contributed by atoms with E-state index in [1.165, 1.54) is 0 Å². The molecular weight excluding hydrogens is 308 g/mol. The molecule has 1 amide bonds. The number of rotatable bonds is 5. The molecule has 3 aromatic rings. The first-order chi connectivity index (χ1) is 11.7. The number of aromatic nitrogens is 2. The van der Waals surface area contributed by atoms with Gasteiger partial charge >= 0.3 is 0 Å². The average Bonchev–Trinajstić information content (AvgIpc) is 3.22. The Hall–Kier alpha value is -3.40. The highest BCUT2D eigenvalue weighted by Gasteiger charge is 2.14. The lowest BCUT2D eigenvalue weighted by atomic mass is 10.2. The van der Waals surface area contributed by atoms with Gasteiger partial charge in [-0.1, -0.05) is 0 Å². The first kappa shape index (κ1) is 15.5. The minimum atomic E-state index is -0.168. The van der Waals surface area contributed by atoms with Crippen LogP contribution in [-0.4, -0.2) is 16.1 Å². The summed E-state index contributed by atoms with van der Waals surface area (Å²) in [6, 6.07) is 10.4. The molecule has 2 aromatic heterocycles. The van der Waals surface area contributed by atoms with Gasteiger partial charge in [0.1, 0.15) is 5.76 Å². The molecule has 7 heteroatoms. The van der Waals surface area contributed by atoms with Crippen molar-refractivity contribution in [3.63, 3.8) is 0 Å². The van der Waals surface area contributed by atoms with Gasteiger partial charge in [0.2, 0.25) is 11.8 Å². The molecule has 1 N–H and O–H groups in total. The number of hydrogen-bond donors (Lipinski definition) is 1. The van der Waals surface area contributed by atoms with Crippen LogP contribution in [0.3, 0.4) is 0 Å². The van der Waals surface area contributed by atoms with Crippen LogP contribution in [0.2, 0.25) is 0 Å². The number of carbonyl (C=O) groups excluding carboxylic acids is 1. The first-order valence-corrected chi connectivity index (χ1v) is 7.32. The fourth-order valence-corrected chi connectivity index (χ4v) is 2.14. The Labute approximate surface area is 137 Å². The lowest BCUT2D eigenvalue weighted by Crippen LogP contribution is -2.12. The third kappa shape index (κ3) is 3.50. The van der Waals surface area contributed by atoms with Gasteiger partial charge < -0.3 is 14.2 Å². The second-order valence-corrected chi connectivity index (χ2v) is 5.13. The standard InChI is InChI=1S/C17H14N4O3/c1-11-14(8-9-23-11)17-21-20-16(24-17)7-6-15(22)19-13-4-2-12(10-18)3-5-13/h2-5,8-9H,6-7H2,1H3,(H,19,22). The smallest absolute Gasteiger partial charge is 0.251 e. The van der Waals surface area contributed by atoms with Crippen molar-refractivity contribution in [1.82, 2.24) is 10.2 Å². The number of nitriles is 1. The van der Waals surface area contributed by atoms with E-state index in [0.717, 1.165) is 5.56 Å². The van der Waals surface area contributed by atoms with Gasteiger partial charge in [-0.2, -0.15) is 5.26 Å². The zero-order valence-corrected chi connectivity index (χ0v) is 12.9. The summed E-state index contributed by atoms with van der Waals surface area (Å²) >= 11 is 0. The fourth-order valence-electron chi connectivity index (χ4n) is 2.14. The van der Waals surface area contributed by atoms with E-state index in [1.54, 1.807) is 36.6 Å². The molecule has 0 aliphatic rings. The van der Waals surface area contributed by atoms with Gasteiger partial charge in [0.25, 0.3) is 5.89 Å². The van der Waals surface area contributed by atoms with Gasteiger partial charge in [-0.15, -0.1) is 10.2 Å². The molecule has 1 aromatic carbocycles. The molecule has 0 unspecified atom stereocenters. The highest BCUT2D eigenvalue weighted by atomic mass is 16.4. The highest BCUT2D eigenvalue weighted by Crippen LogP contribution is 2.23. The van der Waals surface area contributed by atoms with Crippen LogP contribution in [0, 0.1) is 18.3 Å². The van der Waals surface area contributed by atoms with Crippen molar-refractivity contribution in [2.75, 3.05) is 5.32 Å². The number of anilines is 1. The number of aryl methyl sites for hydroxylation is 2. The molecule has 0 aliphatic heterocycles. The first-order valence-electron chi connectivity index (χ1n) is 7.32. The van der Waals surface area contributed by atoms with Gasteiger partial charge in [0, 0.05) is 18.5 Å². The van der Waals surface area contributed by atoms with Crippen LogP contribution in [0.1, 0.15) is 23.6 Å². The summed E-state index contributed by atoms with van der Waals surface area (Å²) in [7, 11) is 0. The normalized spacial score (nSPS) is 10.3. The number of carbonyl (C=O) groups is 1. The molecule has 7 nitrogen and oxygen atoms in total. The van der Waals surface area contributed by atoms with Crippen LogP contribution in [0.5, 0.6) is 0 Å². The maximum absolute atomic E-state index is 11.9. The Balaban J connectivity index is 1.56. The van der Waals surface area contributed by atoms with E-state index in [-0.39, 0.29) is 12.3 Å². The molecule has 0 saturated carbocycles. The number of amides is 1. The zero-order chi connectivity index (χ0) is 16.9. The lowest BCUT2D eigenvalue weighted by Gasteiger charge is -2.03. The summed E-state index contributed by atoms with van der Waals surface area (Å²) in [6.07, 6.45) is 2.11. The SMILES string of the molecule is Cc1occc1-c1nnc(CCC(=O)Nc2ccc(C#N)cc2)o1. The van der Waals surface area contributed by atoms with Crippen LogP contribution in [0.25, 0.3) is 11.5 Å². The highest BCUT2D eigenvalue weighted by molar-refractivity contribution is 5.90. The van der Waals surface area contributed by atoms with Crippen LogP contribution < -0.4 is 5.32 Å². The van der Waals surface area contributed by atoms with Crippen molar-refractivity contribution in [3.8, 4) is 17.5 Å².